The van der Waals surface area contributed by atoms with E-state index in [1.54, 1.807) is 6.07 Å². The number of aromatic carboxylic acids is 1. The molecule has 0 saturated heterocycles. The lowest BCUT2D eigenvalue weighted by Crippen LogP contribution is -2.05. The molecule has 19 heavy (non-hydrogen) atoms. The molecule has 0 fully saturated rings. The highest BCUT2D eigenvalue weighted by Gasteiger charge is 2.15. The van der Waals surface area contributed by atoms with Crippen molar-refractivity contribution in [3.05, 3.63) is 51.9 Å². The first kappa shape index (κ1) is 13.6. The summed E-state index contributed by atoms with van der Waals surface area (Å²) in [5.41, 5.74) is -0.0131. The number of anilines is 2. The third kappa shape index (κ3) is 2.94. The summed E-state index contributed by atoms with van der Waals surface area (Å²) < 4.78 is 13.8. The van der Waals surface area contributed by atoms with Crippen molar-refractivity contribution in [2.45, 2.75) is 0 Å². The largest absolute Gasteiger partial charge is 0.478 e. The van der Waals surface area contributed by atoms with Gasteiger partial charge >= 0.3 is 5.97 Å². The second kappa shape index (κ2) is 5.42. The van der Waals surface area contributed by atoms with Crippen LogP contribution in [0.1, 0.15) is 10.4 Å². The average molecular weight is 301 g/mol. The van der Waals surface area contributed by atoms with E-state index < -0.39 is 17.3 Å². The summed E-state index contributed by atoms with van der Waals surface area (Å²) in [5, 5.41) is 12.1. The molecule has 0 bridgehead atoms. The van der Waals surface area contributed by atoms with Crippen molar-refractivity contribution in [3.63, 3.8) is 0 Å². The number of aromatic nitrogens is 1. The SMILES string of the molecule is O=C(O)c1ccnc(Nc2ccc(Cl)c(Cl)c2)c1F. The van der Waals surface area contributed by atoms with Crippen molar-refractivity contribution in [1.82, 2.24) is 4.98 Å². The van der Waals surface area contributed by atoms with Crippen LogP contribution in [0.3, 0.4) is 0 Å². The molecular formula is C12H7Cl2FN2O2. The molecule has 1 heterocycles. The Morgan fingerprint density at radius 3 is 2.63 bits per heavy atom. The van der Waals surface area contributed by atoms with Crippen molar-refractivity contribution >= 4 is 40.7 Å². The van der Waals surface area contributed by atoms with Gasteiger partial charge in [-0.1, -0.05) is 23.2 Å². The molecule has 0 spiro atoms. The number of carboxylic acid groups (broad SMARTS) is 1. The van der Waals surface area contributed by atoms with Gasteiger partial charge in [-0.3, -0.25) is 0 Å². The number of carbonyl (C=O) groups is 1. The summed E-state index contributed by atoms with van der Waals surface area (Å²) in [6.07, 6.45) is 1.20. The highest BCUT2D eigenvalue weighted by Crippen LogP contribution is 2.27. The molecule has 0 saturated carbocycles. The zero-order chi connectivity index (χ0) is 14.0. The minimum Gasteiger partial charge on any atom is -0.478 e. The van der Waals surface area contributed by atoms with Gasteiger partial charge in [-0.05, 0) is 24.3 Å². The van der Waals surface area contributed by atoms with Crippen LogP contribution in [0.4, 0.5) is 15.9 Å². The molecule has 2 aromatic rings. The Morgan fingerprint density at radius 1 is 1.26 bits per heavy atom. The van der Waals surface area contributed by atoms with Gasteiger partial charge in [-0.2, -0.15) is 0 Å². The quantitative estimate of drug-likeness (QED) is 0.900. The van der Waals surface area contributed by atoms with E-state index in [0.29, 0.717) is 15.7 Å². The lowest BCUT2D eigenvalue weighted by atomic mass is 10.2. The third-order valence-electron chi connectivity index (χ3n) is 2.30. The number of rotatable bonds is 3. The molecule has 0 aliphatic carbocycles. The molecule has 0 atom stereocenters. The molecule has 2 N–H and O–H groups in total. The van der Waals surface area contributed by atoms with Gasteiger partial charge in [-0.15, -0.1) is 0 Å². The van der Waals surface area contributed by atoms with Crippen LogP contribution in [0.25, 0.3) is 0 Å². The van der Waals surface area contributed by atoms with Crippen LogP contribution in [-0.4, -0.2) is 16.1 Å². The number of pyridine rings is 1. The van der Waals surface area contributed by atoms with E-state index >= 15 is 0 Å². The zero-order valence-corrected chi connectivity index (χ0v) is 10.8. The first-order valence-corrected chi connectivity index (χ1v) is 5.84. The van der Waals surface area contributed by atoms with Gasteiger partial charge in [-0.25, -0.2) is 14.2 Å². The van der Waals surface area contributed by atoms with Gasteiger partial charge in [0.1, 0.15) is 5.56 Å². The fourth-order valence-electron chi connectivity index (χ4n) is 1.41. The predicted octanol–water partition coefficient (Wildman–Crippen LogP) is 3.97. The first-order valence-electron chi connectivity index (χ1n) is 5.09. The standard InChI is InChI=1S/C12H7Cl2FN2O2/c13-8-2-1-6(5-9(8)14)17-11-10(15)7(12(18)19)3-4-16-11/h1-5H,(H,16,17)(H,18,19). The molecular weight excluding hydrogens is 294 g/mol. The van der Waals surface area contributed by atoms with Gasteiger partial charge < -0.3 is 10.4 Å². The van der Waals surface area contributed by atoms with Crippen molar-refractivity contribution in [2.75, 3.05) is 5.32 Å². The van der Waals surface area contributed by atoms with Crippen LogP contribution >= 0.6 is 23.2 Å². The number of carboxylic acids is 1. The zero-order valence-electron chi connectivity index (χ0n) is 9.32. The monoisotopic (exact) mass is 300 g/mol. The molecule has 7 heteroatoms. The second-order valence-corrected chi connectivity index (χ2v) is 4.39. The Morgan fingerprint density at radius 2 is 2.00 bits per heavy atom. The highest BCUT2D eigenvalue weighted by molar-refractivity contribution is 6.42. The van der Waals surface area contributed by atoms with E-state index in [-0.39, 0.29) is 5.82 Å². The minimum absolute atomic E-state index is 0.196. The molecule has 0 unspecified atom stereocenters. The van der Waals surface area contributed by atoms with Crippen LogP contribution in [0.15, 0.2) is 30.5 Å². The molecule has 0 aliphatic heterocycles. The van der Waals surface area contributed by atoms with Crippen molar-refractivity contribution in [2.24, 2.45) is 0 Å². The Kier molecular flexibility index (Phi) is 3.87. The molecule has 0 amide bonds. The topological polar surface area (TPSA) is 62.2 Å². The summed E-state index contributed by atoms with van der Waals surface area (Å²) in [6.45, 7) is 0. The van der Waals surface area contributed by atoms with Gasteiger partial charge in [0, 0.05) is 11.9 Å². The molecule has 1 aromatic carbocycles. The van der Waals surface area contributed by atoms with Crippen LogP contribution < -0.4 is 5.32 Å². The summed E-state index contributed by atoms with van der Waals surface area (Å²) >= 11 is 11.6. The van der Waals surface area contributed by atoms with E-state index in [1.807, 2.05) is 0 Å². The van der Waals surface area contributed by atoms with Crippen molar-refractivity contribution in [3.8, 4) is 0 Å². The Bertz CT molecular complexity index is 650. The maximum absolute atomic E-state index is 13.8. The summed E-state index contributed by atoms with van der Waals surface area (Å²) in [4.78, 5) is 14.5. The Labute approximate surface area is 117 Å². The first-order chi connectivity index (χ1) is 8.99. The van der Waals surface area contributed by atoms with Crippen molar-refractivity contribution in [1.29, 1.82) is 0 Å². The number of hydrogen-bond acceptors (Lipinski definition) is 3. The highest BCUT2D eigenvalue weighted by atomic mass is 35.5. The fourth-order valence-corrected chi connectivity index (χ4v) is 1.70. The van der Waals surface area contributed by atoms with Gasteiger partial charge in [0.05, 0.1) is 10.0 Å². The van der Waals surface area contributed by atoms with Crippen LogP contribution in [0.2, 0.25) is 10.0 Å². The fraction of sp³-hybridized carbons (Fsp3) is 0. The Hall–Kier alpha value is -1.85. The number of halogens is 3. The van der Waals surface area contributed by atoms with E-state index in [9.17, 15) is 9.18 Å². The van der Waals surface area contributed by atoms with Gasteiger partial charge in [0.2, 0.25) is 0 Å². The number of nitrogens with one attached hydrogen (secondary N) is 1. The maximum Gasteiger partial charge on any atom is 0.338 e. The average Bonchev–Trinajstić information content (AvgIpc) is 2.36. The van der Waals surface area contributed by atoms with E-state index in [1.165, 1.54) is 18.3 Å². The smallest absolute Gasteiger partial charge is 0.338 e. The second-order valence-electron chi connectivity index (χ2n) is 3.58. The van der Waals surface area contributed by atoms with Gasteiger partial charge in [0.15, 0.2) is 11.6 Å². The summed E-state index contributed by atoms with van der Waals surface area (Å²) in [5.74, 6) is -2.50. The Balaban J connectivity index is 2.35. The molecule has 1 aromatic heterocycles. The van der Waals surface area contributed by atoms with E-state index in [4.69, 9.17) is 28.3 Å². The van der Waals surface area contributed by atoms with Gasteiger partial charge in [0.25, 0.3) is 0 Å². The normalized spacial score (nSPS) is 10.3. The predicted molar refractivity (Wildman–Crippen MR) is 70.9 cm³/mol. The van der Waals surface area contributed by atoms with Crippen LogP contribution in [0.5, 0.6) is 0 Å². The molecule has 0 radical (unpaired) electrons. The number of hydrogen-bond donors (Lipinski definition) is 2. The molecule has 0 aliphatic rings. The van der Waals surface area contributed by atoms with E-state index in [2.05, 4.69) is 10.3 Å². The number of nitrogens with zero attached hydrogens (tertiary/aromatic N) is 1. The lowest BCUT2D eigenvalue weighted by Gasteiger charge is -2.08. The lowest BCUT2D eigenvalue weighted by molar-refractivity contribution is 0.0692. The summed E-state index contributed by atoms with van der Waals surface area (Å²) in [7, 11) is 0. The minimum atomic E-state index is -1.36. The van der Waals surface area contributed by atoms with Crippen LogP contribution in [0, 0.1) is 5.82 Å². The molecule has 4 nitrogen and oxygen atoms in total. The molecule has 2 rings (SSSR count). The third-order valence-corrected chi connectivity index (χ3v) is 3.04. The summed E-state index contributed by atoms with van der Waals surface area (Å²) in [6, 6.07) is 5.67. The molecule has 98 valence electrons. The number of benzene rings is 1. The maximum atomic E-state index is 13.8. The van der Waals surface area contributed by atoms with Crippen LogP contribution in [-0.2, 0) is 0 Å². The van der Waals surface area contributed by atoms with E-state index in [0.717, 1.165) is 6.07 Å². The van der Waals surface area contributed by atoms with Crippen molar-refractivity contribution < 1.29 is 14.3 Å².